The van der Waals surface area contributed by atoms with Crippen LogP contribution in [0.15, 0.2) is 72.8 Å². The van der Waals surface area contributed by atoms with Gasteiger partial charge in [0.1, 0.15) is 12.4 Å². The number of ether oxygens (including phenoxy) is 1. The summed E-state index contributed by atoms with van der Waals surface area (Å²) in [6.07, 6.45) is 0. The first-order valence-corrected chi connectivity index (χ1v) is 9.05. The molecule has 0 aliphatic heterocycles. The number of rotatable bonds is 7. The maximum Gasteiger partial charge on any atom is 0.243 e. The second kappa shape index (κ2) is 9.10. The summed E-state index contributed by atoms with van der Waals surface area (Å²) in [4.78, 5) is 12.1. The van der Waals surface area contributed by atoms with Crippen molar-refractivity contribution in [2.24, 2.45) is 0 Å². The van der Waals surface area contributed by atoms with E-state index in [2.05, 4.69) is 10.6 Å². The minimum atomic E-state index is -0.132. The largest absolute Gasteiger partial charge is 0.489 e. The standard InChI is InChI=1S/C22H21ClN2O2/c1-16-20(23)8-5-9-21(16)24-14-22(26)25-18-10-12-19(13-11-18)27-15-17-6-3-2-4-7-17/h2-13,24H,14-15H2,1H3,(H,25,26). The summed E-state index contributed by atoms with van der Waals surface area (Å²) >= 11 is 6.09. The highest BCUT2D eigenvalue weighted by molar-refractivity contribution is 6.31. The Morgan fingerprint density at radius 3 is 2.44 bits per heavy atom. The molecule has 138 valence electrons. The Hall–Kier alpha value is -2.98. The van der Waals surface area contributed by atoms with E-state index in [9.17, 15) is 4.79 Å². The molecule has 0 aliphatic rings. The van der Waals surface area contributed by atoms with E-state index in [4.69, 9.17) is 16.3 Å². The molecule has 3 rings (SSSR count). The number of anilines is 2. The van der Waals surface area contributed by atoms with Gasteiger partial charge in [-0.05, 0) is 54.4 Å². The quantitative estimate of drug-likeness (QED) is 0.586. The molecular formula is C22H21ClN2O2. The van der Waals surface area contributed by atoms with Crippen LogP contribution in [0.2, 0.25) is 5.02 Å². The fraction of sp³-hybridized carbons (Fsp3) is 0.136. The lowest BCUT2D eigenvalue weighted by Gasteiger charge is -2.11. The van der Waals surface area contributed by atoms with Crippen molar-refractivity contribution in [3.05, 3.63) is 88.9 Å². The SMILES string of the molecule is Cc1c(Cl)cccc1NCC(=O)Nc1ccc(OCc2ccccc2)cc1. The van der Waals surface area contributed by atoms with Crippen LogP contribution in [0.4, 0.5) is 11.4 Å². The highest BCUT2D eigenvalue weighted by atomic mass is 35.5. The lowest BCUT2D eigenvalue weighted by molar-refractivity contribution is -0.114. The Morgan fingerprint density at radius 2 is 1.70 bits per heavy atom. The van der Waals surface area contributed by atoms with Crippen LogP contribution in [-0.4, -0.2) is 12.5 Å². The van der Waals surface area contributed by atoms with Crippen LogP contribution in [0.1, 0.15) is 11.1 Å². The van der Waals surface area contributed by atoms with E-state index in [0.29, 0.717) is 11.6 Å². The van der Waals surface area contributed by atoms with Crippen molar-refractivity contribution >= 4 is 28.9 Å². The van der Waals surface area contributed by atoms with Crippen molar-refractivity contribution in [3.8, 4) is 5.75 Å². The fourth-order valence-corrected chi connectivity index (χ4v) is 2.73. The highest BCUT2D eigenvalue weighted by Crippen LogP contribution is 2.22. The van der Waals surface area contributed by atoms with Gasteiger partial charge in [0.15, 0.2) is 0 Å². The van der Waals surface area contributed by atoms with Gasteiger partial charge in [-0.1, -0.05) is 48.0 Å². The number of benzene rings is 3. The third kappa shape index (κ3) is 5.50. The molecule has 3 aromatic rings. The van der Waals surface area contributed by atoms with Gasteiger partial charge in [0.05, 0.1) is 6.54 Å². The molecule has 4 nitrogen and oxygen atoms in total. The Kier molecular flexibility index (Phi) is 6.34. The molecule has 0 fully saturated rings. The summed E-state index contributed by atoms with van der Waals surface area (Å²) in [6.45, 7) is 2.58. The van der Waals surface area contributed by atoms with Gasteiger partial charge in [-0.25, -0.2) is 0 Å². The lowest BCUT2D eigenvalue weighted by atomic mass is 10.2. The van der Waals surface area contributed by atoms with Gasteiger partial charge in [-0.3, -0.25) is 4.79 Å². The van der Waals surface area contributed by atoms with Crippen LogP contribution in [0.25, 0.3) is 0 Å². The summed E-state index contributed by atoms with van der Waals surface area (Å²) in [6, 6.07) is 22.9. The molecule has 3 aromatic carbocycles. The van der Waals surface area contributed by atoms with Crippen LogP contribution < -0.4 is 15.4 Å². The Balaban J connectivity index is 1.49. The molecule has 0 saturated carbocycles. The average molecular weight is 381 g/mol. The van der Waals surface area contributed by atoms with E-state index in [-0.39, 0.29) is 12.5 Å². The van der Waals surface area contributed by atoms with E-state index < -0.39 is 0 Å². The number of amides is 1. The molecule has 2 N–H and O–H groups in total. The molecule has 0 saturated heterocycles. The molecule has 5 heteroatoms. The zero-order chi connectivity index (χ0) is 19.1. The van der Waals surface area contributed by atoms with Gasteiger partial charge in [0.25, 0.3) is 0 Å². The first-order chi connectivity index (χ1) is 13.1. The van der Waals surface area contributed by atoms with Crippen LogP contribution in [0, 0.1) is 6.92 Å². The molecule has 0 aromatic heterocycles. The molecule has 0 radical (unpaired) electrons. The van der Waals surface area contributed by atoms with Crippen molar-refractivity contribution in [2.45, 2.75) is 13.5 Å². The zero-order valence-electron chi connectivity index (χ0n) is 15.0. The third-order valence-corrected chi connectivity index (χ3v) is 4.50. The lowest BCUT2D eigenvalue weighted by Crippen LogP contribution is -2.22. The van der Waals surface area contributed by atoms with Crippen molar-refractivity contribution in [3.63, 3.8) is 0 Å². The number of nitrogens with one attached hydrogen (secondary N) is 2. The van der Waals surface area contributed by atoms with E-state index >= 15 is 0 Å². The highest BCUT2D eigenvalue weighted by Gasteiger charge is 2.06. The predicted molar refractivity (Wildman–Crippen MR) is 111 cm³/mol. The van der Waals surface area contributed by atoms with Crippen LogP contribution >= 0.6 is 11.6 Å². The zero-order valence-corrected chi connectivity index (χ0v) is 15.8. The van der Waals surface area contributed by atoms with Crippen LogP contribution in [0.5, 0.6) is 5.75 Å². The van der Waals surface area contributed by atoms with E-state index in [1.165, 1.54) is 0 Å². The summed E-state index contributed by atoms with van der Waals surface area (Å²) in [5.41, 5.74) is 3.60. The van der Waals surface area contributed by atoms with Crippen molar-refractivity contribution < 1.29 is 9.53 Å². The molecule has 0 heterocycles. The topological polar surface area (TPSA) is 50.4 Å². The minimum absolute atomic E-state index is 0.132. The van der Waals surface area contributed by atoms with Crippen LogP contribution in [-0.2, 0) is 11.4 Å². The molecule has 1 amide bonds. The minimum Gasteiger partial charge on any atom is -0.489 e. The molecule has 0 atom stereocenters. The van der Waals surface area contributed by atoms with E-state index in [0.717, 1.165) is 28.3 Å². The average Bonchev–Trinajstić information content (AvgIpc) is 2.69. The number of hydrogen-bond acceptors (Lipinski definition) is 3. The van der Waals surface area contributed by atoms with Gasteiger partial charge in [-0.15, -0.1) is 0 Å². The molecule has 0 spiro atoms. The van der Waals surface area contributed by atoms with Crippen molar-refractivity contribution in [2.75, 3.05) is 17.2 Å². The second-order valence-electron chi connectivity index (χ2n) is 6.11. The second-order valence-corrected chi connectivity index (χ2v) is 6.52. The monoisotopic (exact) mass is 380 g/mol. The van der Waals surface area contributed by atoms with Crippen LogP contribution in [0.3, 0.4) is 0 Å². The Bertz CT molecular complexity index is 896. The maximum atomic E-state index is 12.1. The number of halogens is 1. The number of hydrogen-bond donors (Lipinski definition) is 2. The van der Waals surface area contributed by atoms with Gasteiger partial charge >= 0.3 is 0 Å². The molecule has 27 heavy (non-hydrogen) atoms. The van der Waals surface area contributed by atoms with Crippen molar-refractivity contribution in [1.29, 1.82) is 0 Å². The first kappa shape index (κ1) is 18.8. The summed E-state index contributed by atoms with van der Waals surface area (Å²) in [5.74, 6) is 0.622. The van der Waals surface area contributed by atoms with Gasteiger partial charge in [-0.2, -0.15) is 0 Å². The molecule has 0 unspecified atom stereocenters. The van der Waals surface area contributed by atoms with Gasteiger partial charge in [0, 0.05) is 16.4 Å². The Labute approximate surface area is 164 Å². The molecule has 0 bridgehead atoms. The Morgan fingerprint density at radius 1 is 0.963 bits per heavy atom. The number of carbonyl (C=O) groups is 1. The smallest absolute Gasteiger partial charge is 0.243 e. The van der Waals surface area contributed by atoms with E-state index in [1.807, 2.05) is 79.7 Å². The summed E-state index contributed by atoms with van der Waals surface area (Å²) < 4.78 is 5.74. The van der Waals surface area contributed by atoms with Crippen molar-refractivity contribution in [1.82, 2.24) is 0 Å². The normalized spacial score (nSPS) is 10.3. The molecule has 0 aliphatic carbocycles. The summed E-state index contributed by atoms with van der Waals surface area (Å²) in [7, 11) is 0. The van der Waals surface area contributed by atoms with E-state index in [1.54, 1.807) is 0 Å². The fourth-order valence-electron chi connectivity index (χ4n) is 2.56. The first-order valence-electron chi connectivity index (χ1n) is 8.67. The van der Waals surface area contributed by atoms with Gasteiger partial charge < -0.3 is 15.4 Å². The molecular weight excluding hydrogens is 360 g/mol. The predicted octanol–water partition coefficient (Wildman–Crippen LogP) is 5.28. The third-order valence-electron chi connectivity index (χ3n) is 4.09. The van der Waals surface area contributed by atoms with Gasteiger partial charge in [0.2, 0.25) is 5.91 Å². The summed E-state index contributed by atoms with van der Waals surface area (Å²) in [5, 5.41) is 6.63. The number of carbonyl (C=O) groups excluding carboxylic acids is 1. The maximum absolute atomic E-state index is 12.1.